The topological polar surface area (TPSA) is 58.2 Å². The summed E-state index contributed by atoms with van der Waals surface area (Å²) in [7, 11) is 0. The first-order valence-electron chi connectivity index (χ1n) is 6.48. The maximum Gasteiger partial charge on any atom is 0.242 e. The van der Waals surface area contributed by atoms with Gasteiger partial charge in [0.1, 0.15) is 5.82 Å². The minimum atomic E-state index is -0.346. The summed E-state index contributed by atoms with van der Waals surface area (Å²) in [6.07, 6.45) is 1.06. The highest BCUT2D eigenvalue weighted by Gasteiger charge is 2.06. The van der Waals surface area contributed by atoms with E-state index in [4.69, 9.17) is 0 Å². The highest BCUT2D eigenvalue weighted by Crippen LogP contribution is 2.10. The molecule has 110 valence electrons. The fourth-order valence-corrected chi connectivity index (χ4v) is 2.43. The van der Waals surface area contributed by atoms with Gasteiger partial charge in [-0.2, -0.15) is 0 Å². The van der Waals surface area contributed by atoms with E-state index in [2.05, 4.69) is 10.9 Å². The van der Waals surface area contributed by atoms with Gasteiger partial charge < -0.3 is 0 Å². The van der Waals surface area contributed by atoms with Crippen LogP contribution in [0.3, 0.4) is 0 Å². The molecule has 0 bridgehead atoms. The third-order valence-corrected chi connectivity index (χ3v) is 3.73. The van der Waals surface area contributed by atoms with Crippen molar-refractivity contribution < 1.29 is 14.0 Å². The fraction of sp³-hybridized carbons (Fsp3) is 0.200. The van der Waals surface area contributed by atoms with Gasteiger partial charge in [0.2, 0.25) is 11.8 Å². The number of nitrogens with one attached hydrogen (secondary N) is 2. The summed E-state index contributed by atoms with van der Waals surface area (Å²) in [6.45, 7) is 0. The molecule has 2 aromatic rings. The summed E-state index contributed by atoms with van der Waals surface area (Å²) in [5.41, 5.74) is 5.40. The zero-order valence-electron chi connectivity index (χ0n) is 11.3. The van der Waals surface area contributed by atoms with Gasteiger partial charge in [-0.1, -0.05) is 18.2 Å². The third-order valence-electron chi connectivity index (χ3n) is 2.80. The summed E-state index contributed by atoms with van der Waals surface area (Å²) < 4.78 is 12.7. The molecule has 4 nitrogen and oxygen atoms in total. The van der Waals surface area contributed by atoms with Crippen LogP contribution in [-0.4, -0.2) is 11.8 Å². The van der Waals surface area contributed by atoms with Crippen molar-refractivity contribution in [2.45, 2.75) is 19.3 Å². The van der Waals surface area contributed by atoms with Crippen LogP contribution >= 0.6 is 11.3 Å². The molecular weight excluding hydrogens is 291 g/mol. The van der Waals surface area contributed by atoms with E-state index in [0.29, 0.717) is 18.4 Å². The Bertz CT molecular complexity index is 597. The van der Waals surface area contributed by atoms with Crippen molar-refractivity contribution >= 4 is 23.2 Å². The van der Waals surface area contributed by atoms with Gasteiger partial charge in [-0.25, -0.2) is 4.39 Å². The number of carbonyl (C=O) groups excluding carboxylic acids is 2. The molecule has 21 heavy (non-hydrogen) atoms. The van der Waals surface area contributed by atoms with Gasteiger partial charge in [-0.3, -0.25) is 20.4 Å². The predicted molar refractivity (Wildman–Crippen MR) is 79.0 cm³/mol. The van der Waals surface area contributed by atoms with E-state index in [1.165, 1.54) is 24.3 Å². The summed E-state index contributed by atoms with van der Waals surface area (Å²) >= 11 is 1.59. The molecule has 1 aromatic heterocycles. The molecule has 0 fully saturated rings. The molecule has 0 saturated carbocycles. The molecule has 0 unspecified atom stereocenters. The molecule has 0 radical (unpaired) electrons. The second-order valence-corrected chi connectivity index (χ2v) is 5.51. The molecule has 2 amide bonds. The van der Waals surface area contributed by atoms with E-state index in [9.17, 15) is 14.0 Å². The average Bonchev–Trinajstić information content (AvgIpc) is 2.99. The number of benzene rings is 1. The van der Waals surface area contributed by atoms with Crippen molar-refractivity contribution in [3.05, 3.63) is 58.0 Å². The lowest BCUT2D eigenvalue weighted by atomic mass is 10.1. The Kier molecular flexibility index (Phi) is 5.45. The minimum absolute atomic E-state index is 0.0888. The molecule has 1 aromatic carbocycles. The summed E-state index contributed by atoms with van der Waals surface area (Å²) in [6, 6.07) is 9.55. The Morgan fingerprint density at radius 1 is 1.05 bits per heavy atom. The second kappa shape index (κ2) is 7.54. The number of hydrogen-bond acceptors (Lipinski definition) is 3. The molecule has 0 atom stereocenters. The maximum atomic E-state index is 12.7. The Morgan fingerprint density at radius 3 is 2.43 bits per heavy atom. The molecule has 0 aliphatic rings. The number of aryl methyl sites for hydroxylation is 1. The SMILES string of the molecule is O=C(CCc1cccs1)NNC(=O)Cc1ccc(F)cc1. The number of carbonyl (C=O) groups is 2. The van der Waals surface area contributed by atoms with Crippen LogP contribution in [0.2, 0.25) is 0 Å². The van der Waals surface area contributed by atoms with Gasteiger partial charge in [0.15, 0.2) is 0 Å². The van der Waals surface area contributed by atoms with Crippen LogP contribution in [0.5, 0.6) is 0 Å². The molecule has 0 spiro atoms. The van der Waals surface area contributed by atoms with Crippen LogP contribution in [0.1, 0.15) is 16.9 Å². The highest BCUT2D eigenvalue weighted by molar-refractivity contribution is 7.09. The quantitative estimate of drug-likeness (QED) is 0.832. The summed E-state index contributed by atoms with van der Waals surface area (Å²) in [5.74, 6) is -0.928. The zero-order valence-corrected chi connectivity index (χ0v) is 12.1. The standard InChI is InChI=1S/C15H15FN2O2S/c16-12-5-3-11(4-6-12)10-15(20)18-17-14(19)8-7-13-2-1-9-21-13/h1-6,9H,7-8,10H2,(H,17,19)(H,18,20). The van der Waals surface area contributed by atoms with Crippen molar-refractivity contribution in [1.29, 1.82) is 0 Å². The van der Waals surface area contributed by atoms with Crippen LogP contribution in [0.25, 0.3) is 0 Å². The van der Waals surface area contributed by atoms with E-state index in [1.807, 2.05) is 17.5 Å². The number of hydrogen-bond donors (Lipinski definition) is 2. The van der Waals surface area contributed by atoms with Crippen LogP contribution in [0.4, 0.5) is 4.39 Å². The number of hydrazine groups is 1. The Hall–Kier alpha value is -2.21. The third kappa shape index (κ3) is 5.35. The Morgan fingerprint density at radius 2 is 1.76 bits per heavy atom. The normalized spacial score (nSPS) is 10.1. The summed E-state index contributed by atoms with van der Waals surface area (Å²) in [4.78, 5) is 24.3. The summed E-state index contributed by atoms with van der Waals surface area (Å²) in [5, 5.41) is 1.96. The molecule has 0 aliphatic carbocycles. The van der Waals surface area contributed by atoms with Crippen LogP contribution < -0.4 is 10.9 Å². The van der Waals surface area contributed by atoms with E-state index in [-0.39, 0.29) is 24.1 Å². The van der Waals surface area contributed by atoms with Gasteiger partial charge in [-0.05, 0) is 35.6 Å². The Balaban J connectivity index is 1.68. The molecule has 2 rings (SSSR count). The van der Waals surface area contributed by atoms with Crippen molar-refractivity contribution in [1.82, 2.24) is 10.9 Å². The minimum Gasteiger partial charge on any atom is -0.273 e. The molecule has 0 aliphatic heterocycles. The number of rotatable bonds is 5. The molecule has 1 heterocycles. The van der Waals surface area contributed by atoms with E-state index >= 15 is 0 Å². The first-order valence-corrected chi connectivity index (χ1v) is 7.36. The predicted octanol–water partition coefficient (Wildman–Crippen LogP) is 2.21. The van der Waals surface area contributed by atoms with Gasteiger partial charge in [0.25, 0.3) is 0 Å². The Labute approximate surface area is 126 Å². The lowest BCUT2D eigenvalue weighted by Crippen LogP contribution is -2.42. The largest absolute Gasteiger partial charge is 0.273 e. The van der Waals surface area contributed by atoms with Gasteiger partial charge in [0.05, 0.1) is 6.42 Å². The van der Waals surface area contributed by atoms with E-state index in [0.717, 1.165) is 4.88 Å². The second-order valence-electron chi connectivity index (χ2n) is 4.48. The lowest BCUT2D eigenvalue weighted by molar-refractivity contribution is -0.128. The zero-order chi connectivity index (χ0) is 15.1. The highest BCUT2D eigenvalue weighted by atomic mass is 32.1. The van der Waals surface area contributed by atoms with Crippen LogP contribution in [0.15, 0.2) is 41.8 Å². The monoisotopic (exact) mass is 306 g/mol. The van der Waals surface area contributed by atoms with Crippen molar-refractivity contribution in [3.8, 4) is 0 Å². The maximum absolute atomic E-state index is 12.7. The van der Waals surface area contributed by atoms with Crippen molar-refractivity contribution in [2.75, 3.05) is 0 Å². The van der Waals surface area contributed by atoms with Crippen LogP contribution in [-0.2, 0) is 22.4 Å². The lowest BCUT2D eigenvalue weighted by Gasteiger charge is -2.07. The van der Waals surface area contributed by atoms with Crippen LogP contribution in [0, 0.1) is 5.82 Å². The average molecular weight is 306 g/mol. The first-order chi connectivity index (χ1) is 10.1. The smallest absolute Gasteiger partial charge is 0.242 e. The van der Waals surface area contributed by atoms with E-state index in [1.54, 1.807) is 11.3 Å². The molecule has 2 N–H and O–H groups in total. The van der Waals surface area contributed by atoms with Crippen molar-refractivity contribution in [3.63, 3.8) is 0 Å². The number of halogens is 1. The number of thiophene rings is 1. The van der Waals surface area contributed by atoms with Gasteiger partial charge in [0, 0.05) is 11.3 Å². The number of amides is 2. The fourth-order valence-electron chi connectivity index (χ4n) is 1.73. The van der Waals surface area contributed by atoms with Gasteiger partial charge in [-0.15, -0.1) is 11.3 Å². The first kappa shape index (κ1) is 15.2. The van der Waals surface area contributed by atoms with Crippen molar-refractivity contribution in [2.24, 2.45) is 0 Å². The molecule has 6 heteroatoms. The molecular formula is C15H15FN2O2S. The van der Waals surface area contributed by atoms with Gasteiger partial charge >= 0.3 is 0 Å². The molecule has 0 saturated heterocycles. The van der Waals surface area contributed by atoms with E-state index < -0.39 is 0 Å².